The van der Waals surface area contributed by atoms with Gasteiger partial charge in [-0.3, -0.25) is 0 Å². The molecular formula is C16H21NOS. The average Bonchev–Trinajstić information content (AvgIpc) is 2.91. The third kappa shape index (κ3) is 4.37. The molecular weight excluding hydrogens is 254 g/mol. The van der Waals surface area contributed by atoms with Crippen molar-refractivity contribution in [2.75, 3.05) is 13.2 Å². The van der Waals surface area contributed by atoms with Gasteiger partial charge in [-0.15, -0.1) is 11.3 Å². The third-order valence-electron chi connectivity index (χ3n) is 2.97. The molecule has 2 rings (SSSR count). The maximum absolute atomic E-state index is 5.93. The van der Waals surface area contributed by atoms with Crippen LogP contribution in [0.1, 0.15) is 22.9 Å². The van der Waals surface area contributed by atoms with Crippen LogP contribution in [-0.4, -0.2) is 13.2 Å². The molecule has 1 heterocycles. The predicted octanol–water partition coefficient (Wildman–Crippen LogP) is 3.79. The van der Waals surface area contributed by atoms with E-state index < -0.39 is 0 Å². The summed E-state index contributed by atoms with van der Waals surface area (Å²) in [5.41, 5.74) is 2.52. The highest BCUT2D eigenvalue weighted by atomic mass is 32.1. The van der Waals surface area contributed by atoms with E-state index in [2.05, 4.69) is 54.9 Å². The van der Waals surface area contributed by atoms with Gasteiger partial charge in [-0.05, 0) is 31.0 Å². The number of nitrogens with one attached hydrogen (secondary N) is 1. The molecule has 0 aliphatic heterocycles. The van der Waals surface area contributed by atoms with E-state index in [4.69, 9.17) is 4.74 Å². The van der Waals surface area contributed by atoms with Gasteiger partial charge in [-0.1, -0.05) is 30.7 Å². The molecule has 0 fully saturated rings. The summed E-state index contributed by atoms with van der Waals surface area (Å²) in [6.45, 7) is 6.82. The van der Waals surface area contributed by atoms with Crippen molar-refractivity contribution in [1.29, 1.82) is 0 Å². The van der Waals surface area contributed by atoms with Crippen LogP contribution in [0, 0.1) is 6.92 Å². The molecule has 3 heteroatoms. The minimum atomic E-state index is 0.739. The molecule has 1 N–H and O–H groups in total. The number of ether oxygens (including phenoxy) is 1. The molecule has 0 spiro atoms. The third-order valence-corrected chi connectivity index (χ3v) is 3.90. The summed E-state index contributed by atoms with van der Waals surface area (Å²) in [5, 5.41) is 5.47. The van der Waals surface area contributed by atoms with Crippen molar-refractivity contribution in [2.45, 2.75) is 26.8 Å². The van der Waals surface area contributed by atoms with Gasteiger partial charge < -0.3 is 10.1 Å². The maximum atomic E-state index is 5.93. The van der Waals surface area contributed by atoms with E-state index in [1.165, 1.54) is 16.0 Å². The molecule has 0 amide bonds. The highest BCUT2D eigenvalue weighted by molar-refractivity contribution is 7.09. The normalized spacial score (nSPS) is 10.6. The molecule has 2 nitrogen and oxygen atoms in total. The Labute approximate surface area is 119 Å². The zero-order valence-corrected chi connectivity index (χ0v) is 12.4. The first-order valence-electron chi connectivity index (χ1n) is 6.75. The van der Waals surface area contributed by atoms with Gasteiger partial charge in [-0.25, -0.2) is 0 Å². The Hall–Kier alpha value is -1.32. The second-order valence-electron chi connectivity index (χ2n) is 4.57. The Bertz CT molecular complexity index is 493. The Balaban J connectivity index is 1.94. The Morgan fingerprint density at radius 2 is 2.16 bits per heavy atom. The van der Waals surface area contributed by atoms with Crippen molar-refractivity contribution in [3.05, 3.63) is 51.7 Å². The SMILES string of the molecule is CCNCc1cc(C)ccc1OCCc1cccs1. The standard InChI is InChI=1S/C16H21NOS/c1-3-17-12-14-11-13(2)6-7-16(14)18-9-8-15-5-4-10-19-15/h4-7,10-11,17H,3,8-9,12H2,1-2H3. The van der Waals surface area contributed by atoms with E-state index in [-0.39, 0.29) is 0 Å². The molecule has 0 radical (unpaired) electrons. The molecule has 19 heavy (non-hydrogen) atoms. The van der Waals surface area contributed by atoms with Crippen molar-refractivity contribution in [1.82, 2.24) is 5.32 Å². The number of hydrogen-bond acceptors (Lipinski definition) is 3. The molecule has 1 aromatic carbocycles. The number of rotatable bonds is 7. The van der Waals surface area contributed by atoms with Gasteiger partial charge in [0, 0.05) is 23.4 Å². The summed E-state index contributed by atoms with van der Waals surface area (Å²) in [4.78, 5) is 1.38. The quantitative estimate of drug-likeness (QED) is 0.830. The largest absolute Gasteiger partial charge is 0.493 e. The molecule has 0 bridgehead atoms. The number of aryl methyl sites for hydroxylation is 1. The van der Waals surface area contributed by atoms with Gasteiger partial charge in [0.1, 0.15) is 5.75 Å². The topological polar surface area (TPSA) is 21.3 Å². The van der Waals surface area contributed by atoms with Gasteiger partial charge in [0.05, 0.1) is 6.61 Å². The van der Waals surface area contributed by atoms with Crippen LogP contribution in [0.4, 0.5) is 0 Å². The van der Waals surface area contributed by atoms with Crippen LogP contribution >= 0.6 is 11.3 Å². The number of thiophene rings is 1. The first-order valence-corrected chi connectivity index (χ1v) is 7.63. The van der Waals surface area contributed by atoms with E-state index in [9.17, 15) is 0 Å². The van der Waals surface area contributed by atoms with Crippen LogP contribution in [0.3, 0.4) is 0 Å². The first-order chi connectivity index (χ1) is 9.29. The van der Waals surface area contributed by atoms with E-state index in [0.29, 0.717) is 0 Å². The highest BCUT2D eigenvalue weighted by Gasteiger charge is 2.04. The zero-order chi connectivity index (χ0) is 13.5. The van der Waals surface area contributed by atoms with Crippen LogP contribution in [0.25, 0.3) is 0 Å². The van der Waals surface area contributed by atoms with Crippen molar-refractivity contribution in [3.8, 4) is 5.75 Å². The minimum Gasteiger partial charge on any atom is -0.493 e. The zero-order valence-electron chi connectivity index (χ0n) is 11.6. The summed E-state index contributed by atoms with van der Waals surface area (Å²) < 4.78 is 5.93. The molecule has 2 aromatic rings. The van der Waals surface area contributed by atoms with Crippen LogP contribution in [0.2, 0.25) is 0 Å². The predicted molar refractivity (Wildman–Crippen MR) is 82.1 cm³/mol. The lowest BCUT2D eigenvalue weighted by molar-refractivity contribution is 0.318. The van der Waals surface area contributed by atoms with Crippen LogP contribution in [0.15, 0.2) is 35.7 Å². The molecule has 0 saturated carbocycles. The lowest BCUT2D eigenvalue weighted by atomic mass is 10.1. The molecule has 1 aromatic heterocycles. The fourth-order valence-corrected chi connectivity index (χ4v) is 2.65. The molecule has 0 atom stereocenters. The van der Waals surface area contributed by atoms with Gasteiger partial charge in [0.2, 0.25) is 0 Å². The Morgan fingerprint density at radius 3 is 2.89 bits per heavy atom. The van der Waals surface area contributed by atoms with Gasteiger partial charge in [0.15, 0.2) is 0 Å². The van der Waals surface area contributed by atoms with Crippen LogP contribution in [0.5, 0.6) is 5.75 Å². The molecule has 0 aliphatic carbocycles. The van der Waals surface area contributed by atoms with Gasteiger partial charge >= 0.3 is 0 Å². The van der Waals surface area contributed by atoms with Crippen LogP contribution < -0.4 is 10.1 Å². The number of hydrogen-bond donors (Lipinski definition) is 1. The second kappa shape index (κ2) is 7.31. The van der Waals surface area contributed by atoms with Crippen LogP contribution in [-0.2, 0) is 13.0 Å². The fraction of sp³-hybridized carbons (Fsp3) is 0.375. The van der Waals surface area contributed by atoms with E-state index in [1.807, 2.05) is 0 Å². The summed E-state index contributed by atoms with van der Waals surface area (Å²) in [7, 11) is 0. The van der Waals surface area contributed by atoms with E-state index >= 15 is 0 Å². The Kier molecular flexibility index (Phi) is 5.43. The minimum absolute atomic E-state index is 0.739. The van der Waals surface area contributed by atoms with Crippen molar-refractivity contribution >= 4 is 11.3 Å². The summed E-state index contributed by atoms with van der Waals surface area (Å²) in [6.07, 6.45) is 0.978. The monoisotopic (exact) mass is 275 g/mol. The highest BCUT2D eigenvalue weighted by Crippen LogP contribution is 2.20. The smallest absolute Gasteiger partial charge is 0.123 e. The van der Waals surface area contributed by atoms with Gasteiger partial charge in [0.25, 0.3) is 0 Å². The van der Waals surface area contributed by atoms with E-state index in [1.54, 1.807) is 11.3 Å². The van der Waals surface area contributed by atoms with Crippen molar-refractivity contribution in [2.24, 2.45) is 0 Å². The summed E-state index contributed by atoms with van der Waals surface area (Å²) in [5.74, 6) is 1.00. The Morgan fingerprint density at radius 1 is 1.26 bits per heavy atom. The lowest BCUT2D eigenvalue weighted by Crippen LogP contribution is -2.13. The number of benzene rings is 1. The average molecular weight is 275 g/mol. The molecule has 0 aliphatic rings. The molecule has 102 valence electrons. The van der Waals surface area contributed by atoms with Gasteiger partial charge in [-0.2, -0.15) is 0 Å². The summed E-state index contributed by atoms with van der Waals surface area (Å²) in [6, 6.07) is 10.6. The van der Waals surface area contributed by atoms with Crippen molar-refractivity contribution < 1.29 is 4.74 Å². The maximum Gasteiger partial charge on any atom is 0.123 e. The molecule has 0 unspecified atom stereocenters. The second-order valence-corrected chi connectivity index (χ2v) is 5.60. The van der Waals surface area contributed by atoms with E-state index in [0.717, 1.165) is 31.9 Å². The summed E-state index contributed by atoms with van der Waals surface area (Å²) >= 11 is 1.79. The lowest BCUT2D eigenvalue weighted by Gasteiger charge is -2.12. The van der Waals surface area contributed by atoms with Crippen molar-refractivity contribution in [3.63, 3.8) is 0 Å². The fourth-order valence-electron chi connectivity index (χ4n) is 1.96. The first kappa shape index (κ1) is 14.1. The molecule has 0 saturated heterocycles.